The van der Waals surface area contributed by atoms with Crippen LogP contribution in [0.3, 0.4) is 0 Å². The molecule has 0 fully saturated rings. The topological polar surface area (TPSA) is 83.3 Å². The Kier molecular flexibility index (Phi) is 7.29. The minimum absolute atomic E-state index is 0.136. The molecular formula is C23H17Cl4N3O3. The van der Waals surface area contributed by atoms with Crippen LogP contribution in [0.15, 0.2) is 74.3 Å². The maximum Gasteiger partial charge on any atom is 0.267 e. The number of carbonyl (C=O) groups excluding carboxylic acids is 1. The number of amidine groups is 1. The summed E-state index contributed by atoms with van der Waals surface area (Å²) in [6, 6.07) is 12.2. The number of hydrogen-bond donors (Lipinski definition) is 2. The minimum Gasteiger partial charge on any atom is -0.505 e. The van der Waals surface area contributed by atoms with E-state index in [4.69, 9.17) is 51.1 Å². The number of aliphatic hydroxyl groups excluding tert-OH is 1. The molecule has 1 aliphatic heterocycles. The average molecular weight is 525 g/mol. The van der Waals surface area contributed by atoms with Crippen molar-refractivity contribution in [2.24, 2.45) is 15.9 Å². The van der Waals surface area contributed by atoms with Crippen LogP contribution in [0.2, 0.25) is 10.0 Å². The van der Waals surface area contributed by atoms with E-state index in [2.05, 4.69) is 15.3 Å². The fraction of sp³-hybridized carbons (Fsp3) is 0.174. The van der Waals surface area contributed by atoms with Gasteiger partial charge in [-0.3, -0.25) is 9.79 Å². The van der Waals surface area contributed by atoms with Gasteiger partial charge in [-0.15, -0.1) is 0 Å². The van der Waals surface area contributed by atoms with Gasteiger partial charge < -0.3 is 15.2 Å². The number of rotatable bonds is 6. The van der Waals surface area contributed by atoms with Gasteiger partial charge in [-0.2, -0.15) is 0 Å². The van der Waals surface area contributed by atoms with E-state index < -0.39 is 0 Å². The maximum absolute atomic E-state index is 12.5. The number of amides is 1. The van der Waals surface area contributed by atoms with Crippen molar-refractivity contribution in [1.82, 2.24) is 5.32 Å². The van der Waals surface area contributed by atoms with Crippen LogP contribution >= 0.6 is 46.4 Å². The highest BCUT2D eigenvalue weighted by Gasteiger charge is 2.27. The predicted octanol–water partition coefficient (Wildman–Crippen LogP) is 6.41. The summed E-state index contributed by atoms with van der Waals surface area (Å²) in [6.45, 7) is 0.486. The summed E-state index contributed by atoms with van der Waals surface area (Å²) in [5.74, 6) is 0.880. The normalized spacial score (nSPS) is 17.9. The van der Waals surface area contributed by atoms with Crippen LogP contribution in [0.5, 0.6) is 11.5 Å². The summed E-state index contributed by atoms with van der Waals surface area (Å²) in [4.78, 5) is 21.2. The van der Waals surface area contributed by atoms with Gasteiger partial charge in [0.2, 0.25) is 0 Å². The second-order valence-corrected chi connectivity index (χ2v) is 9.08. The molecule has 4 rings (SSSR count). The van der Waals surface area contributed by atoms with Gasteiger partial charge in [-0.05, 0) is 35.9 Å². The van der Waals surface area contributed by atoms with Crippen molar-refractivity contribution in [3.05, 3.63) is 80.0 Å². The first-order valence-corrected chi connectivity index (χ1v) is 11.4. The molecule has 1 aliphatic carbocycles. The molecule has 0 bridgehead atoms. The Balaban J connectivity index is 1.32. The highest BCUT2D eigenvalue weighted by molar-refractivity contribution is 6.43. The van der Waals surface area contributed by atoms with Gasteiger partial charge in [0.05, 0.1) is 16.6 Å². The van der Waals surface area contributed by atoms with E-state index in [0.717, 1.165) is 5.56 Å². The van der Waals surface area contributed by atoms with Crippen LogP contribution in [0.25, 0.3) is 0 Å². The van der Waals surface area contributed by atoms with Crippen molar-refractivity contribution >= 4 is 63.9 Å². The molecule has 0 spiro atoms. The molecule has 2 aromatic carbocycles. The van der Waals surface area contributed by atoms with E-state index in [-0.39, 0.29) is 34.2 Å². The number of nitrogens with one attached hydrogen (secondary N) is 1. The Labute approximate surface area is 210 Å². The molecule has 1 unspecified atom stereocenters. The average Bonchev–Trinajstić information content (AvgIpc) is 3.26. The van der Waals surface area contributed by atoms with E-state index in [0.29, 0.717) is 46.1 Å². The molecule has 10 heteroatoms. The van der Waals surface area contributed by atoms with Crippen LogP contribution in [0.1, 0.15) is 12.0 Å². The molecule has 170 valence electrons. The smallest absolute Gasteiger partial charge is 0.267 e. The lowest BCUT2D eigenvalue weighted by molar-refractivity contribution is -0.115. The van der Waals surface area contributed by atoms with Gasteiger partial charge in [-0.25, -0.2) is 4.99 Å². The summed E-state index contributed by atoms with van der Waals surface area (Å²) < 4.78 is 5.76. The number of carbonyl (C=O) groups is 1. The summed E-state index contributed by atoms with van der Waals surface area (Å²) in [5, 5.41) is 13.9. The summed E-state index contributed by atoms with van der Waals surface area (Å²) in [5.41, 5.74) is 1.19. The molecular weight excluding hydrogens is 508 g/mol. The molecule has 1 heterocycles. The standard InChI is InChI=1S/C23H17Cl4N3O3/c24-14-7-15(25)9-17(8-14)33-16-3-1-12(2-4-16)10-29-23(32)20-11-28-22(30-20)13-5-18(26)21(31)19(27)6-13/h1-5,7-9,13,31H,6,10-11H2,(H,29,32). The zero-order valence-electron chi connectivity index (χ0n) is 17.0. The zero-order chi connectivity index (χ0) is 23.5. The first-order valence-electron chi connectivity index (χ1n) is 9.87. The van der Waals surface area contributed by atoms with Crippen molar-refractivity contribution in [3.63, 3.8) is 0 Å². The molecule has 2 aromatic rings. The van der Waals surface area contributed by atoms with Crippen molar-refractivity contribution in [1.29, 1.82) is 0 Å². The van der Waals surface area contributed by atoms with Crippen LogP contribution < -0.4 is 10.1 Å². The van der Waals surface area contributed by atoms with Gasteiger partial charge in [0, 0.05) is 28.9 Å². The fourth-order valence-electron chi connectivity index (χ4n) is 3.27. The largest absolute Gasteiger partial charge is 0.505 e. The number of ether oxygens (including phenoxy) is 1. The molecule has 33 heavy (non-hydrogen) atoms. The Morgan fingerprint density at radius 1 is 1.06 bits per heavy atom. The number of aliphatic imine (C=N–C) groups is 2. The number of hydrogen-bond acceptors (Lipinski definition) is 5. The van der Waals surface area contributed by atoms with Gasteiger partial charge in [0.15, 0.2) is 0 Å². The molecule has 2 aliphatic rings. The van der Waals surface area contributed by atoms with Crippen molar-refractivity contribution in [3.8, 4) is 11.5 Å². The summed E-state index contributed by atoms with van der Waals surface area (Å²) >= 11 is 24.0. The number of halogens is 4. The van der Waals surface area contributed by atoms with Gasteiger partial charge in [-0.1, -0.05) is 64.6 Å². The monoisotopic (exact) mass is 523 g/mol. The van der Waals surface area contributed by atoms with Gasteiger partial charge in [0.1, 0.15) is 28.8 Å². The van der Waals surface area contributed by atoms with Crippen molar-refractivity contribution in [2.45, 2.75) is 13.0 Å². The second kappa shape index (κ2) is 10.2. The lowest BCUT2D eigenvalue weighted by atomic mass is 9.98. The van der Waals surface area contributed by atoms with E-state index in [9.17, 15) is 9.90 Å². The second-order valence-electron chi connectivity index (χ2n) is 7.35. The third-order valence-corrected chi connectivity index (χ3v) is 5.99. The molecule has 0 saturated heterocycles. The highest BCUT2D eigenvalue weighted by Crippen LogP contribution is 2.33. The van der Waals surface area contributed by atoms with E-state index in [1.165, 1.54) is 0 Å². The number of allylic oxidation sites excluding steroid dienone is 2. The third-order valence-electron chi connectivity index (χ3n) is 4.91. The Morgan fingerprint density at radius 2 is 1.76 bits per heavy atom. The number of benzene rings is 2. The molecule has 0 aromatic heterocycles. The molecule has 1 amide bonds. The lowest BCUT2D eigenvalue weighted by Crippen LogP contribution is -2.31. The van der Waals surface area contributed by atoms with Crippen LogP contribution in [0.4, 0.5) is 0 Å². The lowest BCUT2D eigenvalue weighted by Gasteiger charge is -2.17. The zero-order valence-corrected chi connectivity index (χ0v) is 20.0. The molecule has 6 nitrogen and oxygen atoms in total. The maximum atomic E-state index is 12.5. The van der Waals surface area contributed by atoms with E-state index in [1.54, 1.807) is 36.4 Å². The number of aliphatic hydroxyl groups is 1. The van der Waals surface area contributed by atoms with Crippen LogP contribution in [-0.2, 0) is 11.3 Å². The quantitative estimate of drug-likeness (QED) is 0.458. The molecule has 1 atom stereocenters. The predicted molar refractivity (Wildman–Crippen MR) is 132 cm³/mol. The first-order chi connectivity index (χ1) is 15.8. The van der Waals surface area contributed by atoms with Crippen LogP contribution in [0, 0.1) is 5.92 Å². The fourth-order valence-corrected chi connectivity index (χ4v) is 4.36. The van der Waals surface area contributed by atoms with E-state index in [1.807, 2.05) is 12.1 Å². The molecule has 0 radical (unpaired) electrons. The molecule has 0 saturated carbocycles. The number of nitrogens with zero attached hydrogens (tertiary/aromatic N) is 2. The minimum atomic E-state index is -0.307. The van der Waals surface area contributed by atoms with Crippen molar-refractivity contribution < 1.29 is 14.6 Å². The Bertz CT molecular complexity index is 1200. The molecule has 2 N–H and O–H groups in total. The van der Waals surface area contributed by atoms with Gasteiger partial charge >= 0.3 is 0 Å². The van der Waals surface area contributed by atoms with Crippen molar-refractivity contribution in [2.75, 3.05) is 6.54 Å². The Morgan fingerprint density at radius 3 is 2.42 bits per heavy atom. The SMILES string of the molecule is O=C(NCc1ccc(Oc2cc(Cl)cc(Cl)c2)cc1)C1=NC(C2C=C(Cl)C(O)=C(Cl)C2)=NC1. The van der Waals surface area contributed by atoms with Crippen LogP contribution in [-0.4, -0.2) is 29.1 Å². The van der Waals surface area contributed by atoms with E-state index >= 15 is 0 Å². The van der Waals surface area contributed by atoms with Gasteiger partial charge in [0.25, 0.3) is 5.91 Å². The Hall–Kier alpha value is -2.51. The third kappa shape index (κ3) is 5.89. The summed E-state index contributed by atoms with van der Waals surface area (Å²) in [7, 11) is 0. The highest BCUT2D eigenvalue weighted by atomic mass is 35.5. The first kappa shape index (κ1) is 23.6. The summed E-state index contributed by atoms with van der Waals surface area (Å²) in [6.07, 6.45) is 1.96.